The lowest BCUT2D eigenvalue weighted by Gasteiger charge is -2.04. The van der Waals surface area contributed by atoms with Crippen LogP contribution in [0.5, 0.6) is 10.9 Å². The molecule has 5 nitrogen and oxygen atoms in total. The van der Waals surface area contributed by atoms with Crippen molar-refractivity contribution in [2.45, 2.75) is 18.8 Å². The van der Waals surface area contributed by atoms with Crippen LogP contribution >= 0.6 is 27.5 Å². The van der Waals surface area contributed by atoms with Gasteiger partial charge in [0.15, 0.2) is 0 Å². The Kier molecular flexibility index (Phi) is 3.24. The quantitative estimate of drug-likeness (QED) is 0.919. The molecule has 1 N–H and O–H groups in total. The summed E-state index contributed by atoms with van der Waals surface area (Å²) in [5.74, 6) is 0.736. The predicted octanol–water partition coefficient (Wildman–Crippen LogP) is 3.67. The number of aromatic carboxylic acids is 1. The number of benzene rings is 1. The van der Waals surface area contributed by atoms with E-state index in [0.717, 1.165) is 18.7 Å². The highest BCUT2D eigenvalue weighted by molar-refractivity contribution is 9.10. The molecule has 98 valence electrons. The molecule has 1 aromatic carbocycles. The van der Waals surface area contributed by atoms with Crippen molar-refractivity contribution >= 4 is 33.4 Å². The van der Waals surface area contributed by atoms with Crippen LogP contribution in [0.4, 0.5) is 0 Å². The fraction of sp³-hybridized carbons (Fsp3) is 0.250. The second kappa shape index (κ2) is 4.90. The normalized spacial score (nSPS) is 14.4. The van der Waals surface area contributed by atoms with Crippen molar-refractivity contribution in [1.29, 1.82) is 0 Å². The second-order valence-corrected chi connectivity index (χ2v) is 5.81. The summed E-state index contributed by atoms with van der Waals surface area (Å²) in [7, 11) is 0. The molecule has 1 saturated carbocycles. The number of hydrogen-bond acceptors (Lipinski definition) is 5. The molecule has 1 aliphatic carbocycles. The van der Waals surface area contributed by atoms with Crippen LogP contribution in [0.2, 0.25) is 0 Å². The van der Waals surface area contributed by atoms with Crippen molar-refractivity contribution in [3.8, 4) is 10.9 Å². The topological polar surface area (TPSA) is 72.3 Å². The van der Waals surface area contributed by atoms with Gasteiger partial charge in [0.25, 0.3) is 5.19 Å². The van der Waals surface area contributed by atoms with Crippen molar-refractivity contribution in [3.63, 3.8) is 0 Å². The molecule has 1 fully saturated rings. The van der Waals surface area contributed by atoms with Gasteiger partial charge in [-0.25, -0.2) is 4.79 Å². The van der Waals surface area contributed by atoms with Crippen LogP contribution in [-0.4, -0.2) is 20.4 Å². The van der Waals surface area contributed by atoms with Crippen molar-refractivity contribution in [2.24, 2.45) is 0 Å². The van der Waals surface area contributed by atoms with Gasteiger partial charge in [-0.1, -0.05) is 0 Å². The Morgan fingerprint density at radius 3 is 2.95 bits per heavy atom. The standard InChI is InChI=1S/C12H9BrN2O3S/c13-8-4-3-7(11(16)17)5-9(8)18-12-14-10(15-19-12)6-1-2-6/h3-6H,1-2H2,(H,16,17). The Hall–Kier alpha value is -1.47. The first kappa shape index (κ1) is 12.6. The van der Waals surface area contributed by atoms with Crippen LogP contribution in [0.25, 0.3) is 0 Å². The Labute approximate surface area is 121 Å². The average Bonchev–Trinajstić information content (AvgIpc) is 3.13. The number of aromatic nitrogens is 2. The van der Waals surface area contributed by atoms with Gasteiger partial charge in [0, 0.05) is 17.5 Å². The molecule has 3 rings (SSSR count). The maximum atomic E-state index is 10.9. The average molecular weight is 341 g/mol. The molecule has 1 heterocycles. The summed E-state index contributed by atoms with van der Waals surface area (Å²) in [4.78, 5) is 15.2. The van der Waals surface area contributed by atoms with Gasteiger partial charge >= 0.3 is 5.97 Å². The van der Waals surface area contributed by atoms with Crippen molar-refractivity contribution < 1.29 is 14.6 Å². The van der Waals surface area contributed by atoms with Crippen molar-refractivity contribution in [2.75, 3.05) is 0 Å². The van der Waals surface area contributed by atoms with Crippen LogP contribution in [-0.2, 0) is 0 Å². The van der Waals surface area contributed by atoms with E-state index >= 15 is 0 Å². The number of carbonyl (C=O) groups is 1. The Bertz CT molecular complexity index is 640. The minimum Gasteiger partial charge on any atom is -0.478 e. The minimum atomic E-state index is -0.992. The molecule has 1 aliphatic rings. The fourth-order valence-electron chi connectivity index (χ4n) is 1.58. The largest absolute Gasteiger partial charge is 0.478 e. The number of carboxylic acids is 1. The molecule has 0 aliphatic heterocycles. The van der Waals surface area contributed by atoms with Gasteiger partial charge in [0.1, 0.15) is 11.6 Å². The summed E-state index contributed by atoms with van der Waals surface area (Å²) in [6.45, 7) is 0. The van der Waals surface area contributed by atoms with Gasteiger partial charge in [0.2, 0.25) is 0 Å². The summed E-state index contributed by atoms with van der Waals surface area (Å²) in [5.41, 5.74) is 0.171. The Balaban J connectivity index is 1.84. The summed E-state index contributed by atoms with van der Waals surface area (Å²) >= 11 is 4.51. The molecular weight excluding hydrogens is 332 g/mol. The van der Waals surface area contributed by atoms with Crippen LogP contribution in [0.1, 0.15) is 34.9 Å². The van der Waals surface area contributed by atoms with E-state index in [0.29, 0.717) is 21.3 Å². The molecule has 0 bridgehead atoms. The maximum absolute atomic E-state index is 10.9. The smallest absolute Gasteiger partial charge is 0.335 e. The van der Waals surface area contributed by atoms with Gasteiger partial charge in [0.05, 0.1) is 10.0 Å². The Morgan fingerprint density at radius 2 is 2.26 bits per heavy atom. The number of ether oxygens (including phenoxy) is 1. The molecule has 0 saturated heterocycles. The van der Waals surface area contributed by atoms with Crippen LogP contribution in [0.3, 0.4) is 0 Å². The molecule has 0 radical (unpaired) electrons. The first-order valence-corrected chi connectivity index (χ1v) is 7.24. The van der Waals surface area contributed by atoms with E-state index in [1.807, 2.05) is 0 Å². The van der Waals surface area contributed by atoms with E-state index in [9.17, 15) is 4.79 Å². The number of rotatable bonds is 4. The minimum absolute atomic E-state index is 0.171. The molecular formula is C12H9BrN2O3S. The summed E-state index contributed by atoms with van der Waals surface area (Å²) in [6, 6.07) is 4.61. The number of halogens is 1. The first-order chi connectivity index (χ1) is 9.13. The Morgan fingerprint density at radius 1 is 1.47 bits per heavy atom. The summed E-state index contributed by atoms with van der Waals surface area (Å²) in [5, 5.41) is 9.39. The molecule has 2 aromatic rings. The van der Waals surface area contributed by atoms with Gasteiger partial charge < -0.3 is 9.84 Å². The van der Waals surface area contributed by atoms with E-state index in [4.69, 9.17) is 9.84 Å². The highest BCUT2D eigenvalue weighted by Gasteiger charge is 2.28. The van der Waals surface area contributed by atoms with Crippen LogP contribution in [0.15, 0.2) is 22.7 Å². The summed E-state index contributed by atoms with van der Waals surface area (Å²) < 4.78 is 10.5. The third-order valence-corrected chi connectivity index (χ3v) is 4.01. The highest BCUT2D eigenvalue weighted by atomic mass is 79.9. The van der Waals surface area contributed by atoms with Crippen LogP contribution in [0, 0.1) is 0 Å². The van der Waals surface area contributed by atoms with E-state index < -0.39 is 5.97 Å². The van der Waals surface area contributed by atoms with Crippen molar-refractivity contribution in [3.05, 3.63) is 34.1 Å². The first-order valence-electron chi connectivity index (χ1n) is 5.68. The molecule has 0 amide bonds. The van der Waals surface area contributed by atoms with Gasteiger partial charge in [-0.3, -0.25) is 0 Å². The second-order valence-electron chi connectivity index (χ2n) is 4.25. The lowest BCUT2D eigenvalue weighted by molar-refractivity contribution is 0.0696. The zero-order chi connectivity index (χ0) is 13.4. The van der Waals surface area contributed by atoms with Gasteiger partial charge in [-0.2, -0.15) is 9.36 Å². The van der Waals surface area contributed by atoms with E-state index in [2.05, 4.69) is 25.3 Å². The summed E-state index contributed by atoms with van der Waals surface area (Å²) in [6.07, 6.45) is 2.27. The number of nitrogens with zero attached hydrogens (tertiary/aromatic N) is 2. The monoisotopic (exact) mass is 340 g/mol. The van der Waals surface area contributed by atoms with Crippen LogP contribution < -0.4 is 4.74 Å². The molecule has 0 unspecified atom stereocenters. The van der Waals surface area contributed by atoms with Crippen molar-refractivity contribution in [1.82, 2.24) is 9.36 Å². The van der Waals surface area contributed by atoms with E-state index in [1.165, 1.54) is 23.7 Å². The molecule has 1 aromatic heterocycles. The number of carboxylic acid groups (broad SMARTS) is 1. The third kappa shape index (κ3) is 2.76. The third-order valence-electron chi connectivity index (χ3n) is 2.74. The lowest BCUT2D eigenvalue weighted by Crippen LogP contribution is -1.96. The zero-order valence-electron chi connectivity index (χ0n) is 9.67. The molecule has 19 heavy (non-hydrogen) atoms. The van der Waals surface area contributed by atoms with Gasteiger partial charge in [-0.15, -0.1) is 0 Å². The maximum Gasteiger partial charge on any atom is 0.335 e. The highest BCUT2D eigenvalue weighted by Crippen LogP contribution is 2.40. The molecule has 0 spiro atoms. The van der Waals surface area contributed by atoms with E-state index in [-0.39, 0.29) is 5.56 Å². The van der Waals surface area contributed by atoms with E-state index in [1.54, 1.807) is 6.07 Å². The fourth-order valence-corrected chi connectivity index (χ4v) is 2.53. The molecule has 0 atom stereocenters. The predicted molar refractivity (Wildman–Crippen MR) is 73.1 cm³/mol. The number of hydrogen-bond donors (Lipinski definition) is 1. The van der Waals surface area contributed by atoms with Gasteiger partial charge in [-0.05, 0) is 47.0 Å². The lowest BCUT2D eigenvalue weighted by atomic mass is 10.2. The molecule has 7 heteroatoms. The zero-order valence-corrected chi connectivity index (χ0v) is 12.1. The SMILES string of the molecule is O=C(O)c1ccc(Br)c(Oc2nc(C3CC3)ns2)c1.